The summed E-state index contributed by atoms with van der Waals surface area (Å²) in [4.78, 5) is 0. The van der Waals surface area contributed by atoms with Gasteiger partial charge < -0.3 is 4.74 Å². The van der Waals surface area contributed by atoms with E-state index in [2.05, 4.69) is 48.4 Å². The molecule has 0 N–H and O–H groups in total. The first-order valence-corrected chi connectivity index (χ1v) is 7.20. The third-order valence-corrected chi connectivity index (χ3v) is 4.20. The molecule has 4 rings (SSSR count). The summed E-state index contributed by atoms with van der Waals surface area (Å²) in [6.45, 7) is 0. The molecule has 0 atom stereocenters. The molecule has 0 aliphatic rings. The van der Waals surface area contributed by atoms with Crippen molar-refractivity contribution in [2.45, 2.75) is 0 Å². The molecule has 0 unspecified atom stereocenters. The van der Waals surface area contributed by atoms with Gasteiger partial charge >= 0.3 is 0 Å². The van der Waals surface area contributed by atoms with Crippen molar-refractivity contribution in [3.05, 3.63) is 66.2 Å². The Labute approximate surface area is 129 Å². The summed E-state index contributed by atoms with van der Waals surface area (Å²) in [6, 6.07) is 20.9. The van der Waals surface area contributed by atoms with Crippen LogP contribution in [0.1, 0.15) is 5.56 Å². The number of methoxy groups -OCH3 is 1. The fourth-order valence-corrected chi connectivity index (χ4v) is 3.16. The first-order chi connectivity index (χ1) is 10.8. The summed E-state index contributed by atoms with van der Waals surface area (Å²) in [5.41, 5.74) is 0.935. The van der Waals surface area contributed by atoms with E-state index in [1.807, 2.05) is 18.2 Å². The van der Waals surface area contributed by atoms with Gasteiger partial charge in [0.1, 0.15) is 5.75 Å². The van der Waals surface area contributed by atoms with Crippen molar-refractivity contribution in [2.24, 2.45) is 0 Å². The molecule has 0 radical (unpaired) electrons. The maximum Gasteiger partial charge on any atom is 0.119 e. The molecule has 0 aliphatic carbocycles. The minimum Gasteiger partial charge on any atom is -0.497 e. The van der Waals surface area contributed by atoms with E-state index in [-0.39, 0.29) is 0 Å². The van der Waals surface area contributed by atoms with Crippen LogP contribution in [-0.4, -0.2) is 7.11 Å². The second-order valence-corrected chi connectivity index (χ2v) is 5.36. The van der Waals surface area contributed by atoms with Crippen LogP contribution in [-0.2, 0) is 0 Å². The number of benzene rings is 4. The van der Waals surface area contributed by atoms with Crippen LogP contribution in [0.4, 0.5) is 0 Å². The van der Waals surface area contributed by atoms with Gasteiger partial charge in [0.15, 0.2) is 0 Å². The van der Waals surface area contributed by atoms with Crippen LogP contribution in [0, 0.1) is 12.3 Å². The Kier molecular flexibility index (Phi) is 2.77. The van der Waals surface area contributed by atoms with E-state index in [0.717, 1.165) is 27.5 Å². The van der Waals surface area contributed by atoms with Crippen LogP contribution >= 0.6 is 0 Å². The molecule has 0 aromatic heterocycles. The number of hydrogen-bond acceptors (Lipinski definition) is 1. The summed E-state index contributed by atoms with van der Waals surface area (Å²) in [5.74, 6) is 3.71. The fourth-order valence-electron chi connectivity index (χ4n) is 3.16. The highest BCUT2D eigenvalue weighted by Crippen LogP contribution is 2.35. The predicted molar refractivity (Wildman–Crippen MR) is 93.4 cm³/mol. The number of hydrogen-bond donors (Lipinski definition) is 0. The zero-order valence-electron chi connectivity index (χ0n) is 12.3. The number of terminal acetylenes is 1. The van der Waals surface area contributed by atoms with E-state index in [0.29, 0.717) is 0 Å². The van der Waals surface area contributed by atoms with Crippen LogP contribution < -0.4 is 4.74 Å². The first kappa shape index (κ1) is 12.7. The predicted octanol–water partition coefficient (Wildman–Crippen LogP) is 5.14. The Bertz CT molecular complexity index is 1070. The first-order valence-electron chi connectivity index (χ1n) is 7.20. The molecule has 0 amide bonds. The molecule has 0 aliphatic heterocycles. The second kappa shape index (κ2) is 4.79. The van der Waals surface area contributed by atoms with Crippen LogP contribution in [0.3, 0.4) is 0 Å². The lowest BCUT2D eigenvalue weighted by Gasteiger charge is -2.11. The molecule has 4 aromatic carbocycles. The summed E-state index contributed by atoms with van der Waals surface area (Å²) in [5, 5.41) is 7.05. The van der Waals surface area contributed by atoms with Gasteiger partial charge in [-0.2, -0.15) is 0 Å². The maximum absolute atomic E-state index is 5.78. The van der Waals surface area contributed by atoms with Gasteiger partial charge in [-0.05, 0) is 45.1 Å². The molecule has 104 valence electrons. The Morgan fingerprint density at radius 1 is 0.818 bits per heavy atom. The van der Waals surface area contributed by atoms with Gasteiger partial charge in [-0.3, -0.25) is 0 Å². The van der Waals surface area contributed by atoms with Gasteiger partial charge in [-0.25, -0.2) is 0 Å². The third-order valence-electron chi connectivity index (χ3n) is 4.20. The van der Waals surface area contributed by atoms with Crippen molar-refractivity contribution < 1.29 is 4.74 Å². The molecule has 22 heavy (non-hydrogen) atoms. The standard InChI is InChI=1S/C21H14O/c1-3-14-12-15-6-4-5-7-18(15)20-10-8-16-13-17(22-2)9-11-19(16)21(14)20/h1,4-13H,2H3. The van der Waals surface area contributed by atoms with Gasteiger partial charge in [0, 0.05) is 10.9 Å². The molecule has 1 nitrogen and oxygen atoms in total. The van der Waals surface area contributed by atoms with Crippen molar-refractivity contribution in [2.75, 3.05) is 7.11 Å². The molecule has 0 saturated heterocycles. The van der Waals surface area contributed by atoms with E-state index in [1.165, 1.54) is 16.2 Å². The van der Waals surface area contributed by atoms with Gasteiger partial charge in [0.25, 0.3) is 0 Å². The monoisotopic (exact) mass is 282 g/mol. The van der Waals surface area contributed by atoms with Crippen molar-refractivity contribution in [3.63, 3.8) is 0 Å². The summed E-state index contributed by atoms with van der Waals surface area (Å²) in [7, 11) is 1.68. The van der Waals surface area contributed by atoms with E-state index in [4.69, 9.17) is 11.2 Å². The maximum atomic E-state index is 5.78. The number of ether oxygens (including phenoxy) is 1. The average molecular weight is 282 g/mol. The smallest absolute Gasteiger partial charge is 0.119 e. The van der Waals surface area contributed by atoms with Crippen LogP contribution in [0.15, 0.2) is 60.7 Å². The molecule has 0 saturated carbocycles. The van der Waals surface area contributed by atoms with E-state index < -0.39 is 0 Å². The highest BCUT2D eigenvalue weighted by molar-refractivity contribution is 6.19. The molecule has 4 aromatic rings. The summed E-state index contributed by atoms with van der Waals surface area (Å²) in [6.07, 6.45) is 5.78. The molecule has 0 fully saturated rings. The number of rotatable bonds is 1. The lowest BCUT2D eigenvalue weighted by molar-refractivity contribution is 0.415. The molecule has 1 heteroatoms. The highest BCUT2D eigenvalue weighted by atomic mass is 16.5. The Balaban J connectivity index is 2.26. The molecular weight excluding hydrogens is 268 g/mol. The molecule has 0 spiro atoms. The van der Waals surface area contributed by atoms with Crippen molar-refractivity contribution in [3.8, 4) is 18.1 Å². The Morgan fingerprint density at radius 3 is 2.41 bits per heavy atom. The van der Waals surface area contributed by atoms with Gasteiger partial charge in [0.05, 0.1) is 7.11 Å². The fraction of sp³-hybridized carbons (Fsp3) is 0.0476. The Morgan fingerprint density at radius 2 is 1.59 bits per heavy atom. The zero-order chi connectivity index (χ0) is 15.1. The van der Waals surface area contributed by atoms with Gasteiger partial charge in [0.2, 0.25) is 0 Å². The Hall–Kier alpha value is -2.98. The second-order valence-electron chi connectivity index (χ2n) is 5.36. The topological polar surface area (TPSA) is 9.23 Å². The van der Waals surface area contributed by atoms with E-state index >= 15 is 0 Å². The lowest BCUT2D eigenvalue weighted by Crippen LogP contribution is -1.87. The van der Waals surface area contributed by atoms with Crippen molar-refractivity contribution in [1.82, 2.24) is 0 Å². The SMILES string of the molecule is C#Cc1cc2ccccc2c2ccc3cc(OC)ccc3c12. The van der Waals surface area contributed by atoms with Crippen LogP contribution in [0.25, 0.3) is 32.3 Å². The van der Waals surface area contributed by atoms with Gasteiger partial charge in [-0.15, -0.1) is 6.42 Å². The van der Waals surface area contributed by atoms with Crippen LogP contribution in [0.5, 0.6) is 5.75 Å². The average Bonchev–Trinajstić information content (AvgIpc) is 2.59. The minimum absolute atomic E-state index is 0.856. The van der Waals surface area contributed by atoms with Crippen molar-refractivity contribution in [1.29, 1.82) is 0 Å². The summed E-state index contributed by atoms with van der Waals surface area (Å²) < 4.78 is 5.32. The quantitative estimate of drug-likeness (QED) is 0.347. The molecule has 0 bridgehead atoms. The normalized spacial score (nSPS) is 10.9. The largest absolute Gasteiger partial charge is 0.497 e. The summed E-state index contributed by atoms with van der Waals surface area (Å²) >= 11 is 0. The highest BCUT2D eigenvalue weighted by Gasteiger charge is 2.09. The number of fused-ring (bicyclic) bond motifs is 5. The van der Waals surface area contributed by atoms with E-state index in [9.17, 15) is 0 Å². The van der Waals surface area contributed by atoms with Crippen LogP contribution in [0.2, 0.25) is 0 Å². The third kappa shape index (κ3) is 1.75. The van der Waals surface area contributed by atoms with Crippen molar-refractivity contribution >= 4 is 32.3 Å². The van der Waals surface area contributed by atoms with E-state index in [1.54, 1.807) is 7.11 Å². The molecular formula is C21H14O. The zero-order valence-corrected chi connectivity index (χ0v) is 12.3. The molecule has 0 heterocycles. The minimum atomic E-state index is 0.856. The lowest BCUT2D eigenvalue weighted by atomic mass is 9.93. The van der Waals surface area contributed by atoms with Gasteiger partial charge in [-0.1, -0.05) is 48.4 Å².